The molecule has 1 N–H and O–H groups in total. The molecule has 1 fully saturated rings. The number of benzene rings is 1. The molecule has 1 unspecified atom stereocenters. The normalized spacial score (nSPS) is 24.8. The minimum Gasteiger partial charge on any atom is -0.310 e. The zero-order valence-electron chi connectivity index (χ0n) is 14.0. The quantitative estimate of drug-likeness (QED) is 0.706. The molecule has 0 bridgehead atoms. The van der Waals surface area contributed by atoms with E-state index < -0.39 is 0 Å². The number of halogens is 1. The monoisotopic (exact) mass is 351 g/mol. The third-order valence-corrected chi connectivity index (χ3v) is 5.68. The van der Waals surface area contributed by atoms with E-state index in [1.807, 2.05) is 0 Å². The fraction of sp³-hybridized carbons (Fsp3) is 0.684. The molecule has 1 aliphatic rings. The van der Waals surface area contributed by atoms with E-state index in [1.54, 1.807) is 0 Å². The Morgan fingerprint density at radius 2 is 1.67 bits per heavy atom. The van der Waals surface area contributed by atoms with Gasteiger partial charge >= 0.3 is 0 Å². The second-order valence-corrected chi connectivity index (χ2v) is 8.68. The highest BCUT2D eigenvalue weighted by Crippen LogP contribution is 2.39. The summed E-state index contributed by atoms with van der Waals surface area (Å²) in [6.45, 7) is 10.6. The van der Waals surface area contributed by atoms with Gasteiger partial charge in [-0.25, -0.2) is 0 Å². The first-order valence-electron chi connectivity index (χ1n) is 8.35. The van der Waals surface area contributed by atoms with Crippen LogP contribution in [0, 0.1) is 17.3 Å². The lowest BCUT2D eigenvalue weighted by Crippen LogP contribution is -2.31. The summed E-state index contributed by atoms with van der Waals surface area (Å²) in [4.78, 5) is 0. The van der Waals surface area contributed by atoms with Gasteiger partial charge in [-0.3, -0.25) is 0 Å². The van der Waals surface area contributed by atoms with Gasteiger partial charge in [-0.05, 0) is 74.1 Å². The Hall–Kier alpha value is -0.340. The van der Waals surface area contributed by atoms with Crippen LogP contribution in [0.1, 0.15) is 65.0 Å². The van der Waals surface area contributed by atoms with Crippen LogP contribution >= 0.6 is 15.9 Å². The van der Waals surface area contributed by atoms with Crippen LogP contribution in [-0.4, -0.2) is 6.54 Å². The minimum atomic E-state index is 0.443. The lowest BCUT2D eigenvalue weighted by molar-refractivity contribution is 0.148. The minimum absolute atomic E-state index is 0.443. The Morgan fingerprint density at radius 1 is 1.10 bits per heavy atom. The van der Waals surface area contributed by atoms with Crippen LogP contribution in [-0.2, 0) is 0 Å². The third-order valence-electron chi connectivity index (χ3n) is 5.15. The average Bonchev–Trinajstić information content (AvgIpc) is 2.45. The van der Waals surface area contributed by atoms with Crippen molar-refractivity contribution in [3.05, 3.63) is 34.3 Å². The second kappa shape index (κ2) is 7.28. The number of rotatable bonds is 4. The Morgan fingerprint density at radius 3 is 2.19 bits per heavy atom. The van der Waals surface area contributed by atoms with Crippen molar-refractivity contribution >= 4 is 15.9 Å². The molecule has 2 heteroatoms. The van der Waals surface area contributed by atoms with Crippen molar-refractivity contribution in [3.8, 4) is 0 Å². The summed E-state index contributed by atoms with van der Waals surface area (Å²) in [5, 5.41) is 3.73. The first-order chi connectivity index (χ1) is 9.86. The van der Waals surface area contributed by atoms with E-state index >= 15 is 0 Å². The van der Waals surface area contributed by atoms with Crippen molar-refractivity contribution in [2.75, 3.05) is 6.54 Å². The smallest absolute Gasteiger partial charge is 0.0291 e. The van der Waals surface area contributed by atoms with Crippen molar-refractivity contribution in [3.63, 3.8) is 0 Å². The molecule has 2 rings (SSSR count). The van der Waals surface area contributed by atoms with Crippen LogP contribution in [0.15, 0.2) is 28.7 Å². The Balaban J connectivity index is 1.76. The predicted molar refractivity (Wildman–Crippen MR) is 95.5 cm³/mol. The lowest BCUT2D eigenvalue weighted by Gasteiger charge is -2.37. The number of nitrogens with one attached hydrogen (secondary N) is 1. The van der Waals surface area contributed by atoms with Gasteiger partial charge in [0.1, 0.15) is 0 Å². The fourth-order valence-electron chi connectivity index (χ4n) is 3.45. The van der Waals surface area contributed by atoms with Gasteiger partial charge in [0.2, 0.25) is 0 Å². The van der Waals surface area contributed by atoms with Crippen molar-refractivity contribution < 1.29 is 0 Å². The third kappa shape index (κ3) is 5.10. The molecule has 1 nitrogen and oxygen atoms in total. The molecule has 1 saturated carbocycles. The van der Waals surface area contributed by atoms with E-state index in [1.165, 1.54) is 31.2 Å². The van der Waals surface area contributed by atoms with Gasteiger partial charge in [-0.15, -0.1) is 0 Å². The maximum Gasteiger partial charge on any atom is 0.0291 e. The Kier molecular flexibility index (Phi) is 5.90. The average molecular weight is 352 g/mol. The summed E-state index contributed by atoms with van der Waals surface area (Å²) < 4.78 is 1.15. The van der Waals surface area contributed by atoms with Gasteiger partial charge in [-0.1, -0.05) is 48.8 Å². The largest absolute Gasteiger partial charge is 0.310 e. The standard InChI is InChI=1S/C19H30BrN/c1-14(16-7-11-18(20)12-8-16)21-13-15-5-9-17(10-6-15)19(2,3)4/h7-8,11-12,14-15,17,21H,5-6,9-10,13H2,1-4H3. The van der Waals surface area contributed by atoms with Crippen LogP contribution < -0.4 is 5.32 Å². The Labute approximate surface area is 139 Å². The highest BCUT2D eigenvalue weighted by Gasteiger charge is 2.29. The molecule has 0 heterocycles. The van der Waals surface area contributed by atoms with Crippen molar-refractivity contribution in [2.45, 2.75) is 59.4 Å². The summed E-state index contributed by atoms with van der Waals surface area (Å²) in [7, 11) is 0. The molecule has 1 aliphatic carbocycles. The van der Waals surface area contributed by atoms with E-state index in [9.17, 15) is 0 Å². The summed E-state index contributed by atoms with van der Waals surface area (Å²) in [6, 6.07) is 9.11. The zero-order chi connectivity index (χ0) is 15.5. The molecule has 1 aromatic rings. The van der Waals surface area contributed by atoms with E-state index in [2.05, 4.69) is 73.2 Å². The molecule has 0 spiro atoms. The molecular weight excluding hydrogens is 322 g/mol. The van der Waals surface area contributed by atoms with E-state index in [0.29, 0.717) is 11.5 Å². The Bertz CT molecular complexity index is 424. The van der Waals surface area contributed by atoms with Crippen molar-refractivity contribution in [1.29, 1.82) is 0 Å². The molecule has 0 aliphatic heterocycles. The summed E-state index contributed by atoms with van der Waals surface area (Å²) in [5.74, 6) is 1.78. The molecule has 1 atom stereocenters. The van der Waals surface area contributed by atoms with Gasteiger partial charge in [0, 0.05) is 10.5 Å². The summed E-state index contributed by atoms with van der Waals surface area (Å²) in [5.41, 5.74) is 1.87. The number of hydrogen-bond acceptors (Lipinski definition) is 1. The highest BCUT2D eigenvalue weighted by molar-refractivity contribution is 9.10. The maximum absolute atomic E-state index is 3.73. The molecule has 0 aromatic heterocycles. The SMILES string of the molecule is CC(NCC1CCC(C(C)(C)C)CC1)c1ccc(Br)cc1. The first-order valence-corrected chi connectivity index (χ1v) is 9.14. The molecule has 0 radical (unpaired) electrons. The summed E-state index contributed by atoms with van der Waals surface area (Å²) in [6.07, 6.45) is 5.59. The predicted octanol–water partition coefficient (Wildman–Crippen LogP) is 5.95. The van der Waals surface area contributed by atoms with Gasteiger partial charge in [0.25, 0.3) is 0 Å². The van der Waals surface area contributed by atoms with Crippen LogP contribution in [0.2, 0.25) is 0 Å². The van der Waals surface area contributed by atoms with Gasteiger partial charge in [0.05, 0.1) is 0 Å². The lowest BCUT2D eigenvalue weighted by atomic mass is 9.70. The molecule has 0 amide bonds. The van der Waals surface area contributed by atoms with Gasteiger partial charge in [-0.2, -0.15) is 0 Å². The van der Waals surface area contributed by atoms with E-state index in [4.69, 9.17) is 0 Å². The van der Waals surface area contributed by atoms with Crippen molar-refractivity contribution in [1.82, 2.24) is 5.32 Å². The fourth-order valence-corrected chi connectivity index (χ4v) is 3.71. The van der Waals surface area contributed by atoms with Crippen LogP contribution in [0.5, 0.6) is 0 Å². The van der Waals surface area contributed by atoms with E-state index in [-0.39, 0.29) is 0 Å². The van der Waals surface area contributed by atoms with E-state index in [0.717, 1.165) is 22.9 Å². The van der Waals surface area contributed by atoms with Gasteiger partial charge in [0.15, 0.2) is 0 Å². The summed E-state index contributed by atoms with van der Waals surface area (Å²) >= 11 is 3.50. The molecule has 118 valence electrons. The van der Waals surface area contributed by atoms with Crippen molar-refractivity contribution in [2.24, 2.45) is 17.3 Å². The van der Waals surface area contributed by atoms with Crippen LogP contribution in [0.3, 0.4) is 0 Å². The van der Waals surface area contributed by atoms with Crippen LogP contribution in [0.4, 0.5) is 0 Å². The second-order valence-electron chi connectivity index (χ2n) is 7.77. The molecule has 21 heavy (non-hydrogen) atoms. The number of hydrogen-bond donors (Lipinski definition) is 1. The maximum atomic E-state index is 3.73. The van der Waals surface area contributed by atoms with Crippen LogP contribution in [0.25, 0.3) is 0 Å². The molecule has 1 aromatic carbocycles. The topological polar surface area (TPSA) is 12.0 Å². The first kappa shape index (κ1) is 17.0. The highest BCUT2D eigenvalue weighted by atomic mass is 79.9. The molecular formula is C19H30BrN. The zero-order valence-corrected chi connectivity index (χ0v) is 15.5. The molecule has 0 saturated heterocycles. The van der Waals surface area contributed by atoms with Gasteiger partial charge < -0.3 is 5.32 Å².